The van der Waals surface area contributed by atoms with Crippen LogP contribution in [0.4, 0.5) is 0 Å². The summed E-state index contributed by atoms with van der Waals surface area (Å²) in [4.78, 5) is 16.2. The van der Waals surface area contributed by atoms with Gasteiger partial charge in [0.05, 0.1) is 13.3 Å². The molecule has 1 unspecified atom stereocenters. The minimum absolute atomic E-state index is 0.0487. The second-order valence-corrected chi connectivity index (χ2v) is 4.54. The Bertz CT molecular complexity index is 377. The Hall–Kier alpha value is -1.42. The van der Waals surface area contributed by atoms with Crippen LogP contribution in [0.25, 0.3) is 0 Å². The SMILES string of the molecule is COc1cncc(C(=O)C(CN)CC(C)C)c1. The molecule has 1 aromatic rings. The lowest BCUT2D eigenvalue weighted by molar-refractivity contribution is 0.0908. The van der Waals surface area contributed by atoms with E-state index in [4.69, 9.17) is 10.5 Å². The van der Waals surface area contributed by atoms with Crippen molar-refractivity contribution >= 4 is 5.78 Å². The van der Waals surface area contributed by atoms with Crippen molar-refractivity contribution in [3.63, 3.8) is 0 Å². The average molecular weight is 236 g/mol. The zero-order valence-corrected chi connectivity index (χ0v) is 10.6. The number of aromatic nitrogens is 1. The Morgan fingerprint density at radius 2 is 2.18 bits per heavy atom. The van der Waals surface area contributed by atoms with E-state index in [0.717, 1.165) is 6.42 Å². The van der Waals surface area contributed by atoms with Gasteiger partial charge in [-0.1, -0.05) is 13.8 Å². The van der Waals surface area contributed by atoms with E-state index in [2.05, 4.69) is 18.8 Å². The zero-order valence-electron chi connectivity index (χ0n) is 10.6. The first-order chi connectivity index (χ1) is 8.08. The van der Waals surface area contributed by atoms with Gasteiger partial charge >= 0.3 is 0 Å². The number of ether oxygens (including phenoxy) is 1. The summed E-state index contributed by atoms with van der Waals surface area (Å²) >= 11 is 0. The Balaban J connectivity index is 2.85. The molecule has 0 amide bonds. The van der Waals surface area contributed by atoms with E-state index in [9.17, 15) is 4.79 Å². The van der Waals surface area contributed by atoms with Crippen LogP contribution in [0, 0.1) is 11.8 Å². The predicted octanol–water partition coefficient (Wildman–Crippen LogP) is 1.89. The molecule has 2 N–H and O–H groups in total. The second-order valence-electron chi connectivity index (χ2n) is 4.54. The lowest BCUT2D eigenvalue weighted by atomic mass is 9.90. The van der Waals surface area contributed by atoms with Gasteiger partial charge in [-0.25, -0.2) is 0 Å². The minimum Gasteiger partial charge on any atom is -0.495 e. The number of nitrogens with two attached hydrogens (primary N) is 1. The van der Waals surface area contributed by atoms with Gasteiger partial charge in [0.1, 0.15) is 5.75 Å². The minimum atomic E-state index is -0.135. The summed E-state index contributed by atoms with van der Waals surface area (Å²) in [6.45, 7) is 4.54. The predicted molar refractivity (Wildman–Crippen MR) is 67.1 cm³/mol. The number of carbonyl (C=O) groups is 1. The molecule has 17 heavy (non-hydrogen) atoms. The maximum Gasteiger partial charge on any atom is 0.168 e. The molecule has 0 saturated carbocycles. The number of carbonyl (C=O) groups excluding carboxylic acids is 1. The molecule has 4 heteroatoms. The smallest absolute Gasteiger partial charge is 0.168 e. The molecule has 0 aromatic carbocycles. The van der Waals surface area contributed by atoms with Gasteiger partial charge in [0.15, 0.2) is 5.78 Å². The first kappa shape index (κ1) is 13.6. The maximum absolute atomic E-state index is 12.2. The fourth-order valence-electron chi connectivity index (χ4n) is 1.78. The van der Waals surface area contributed by atoms with Crippen molar-refractivity contribution in [2.75, 3.05) is 13.7 Å². The van der Waals surface area contributed by atoms with Crippen LogP contribution >= 0.6 is 0 Å². The van der Waals surface area contributed by atoms with Crippen molar-refractivity contribution in [3.8, 4) is 5.75 Å². The quantitative estimate of drug-likeness (QED) is 0.766. The van der Waals surface area contributed by atoms with E-state index in [1.54, 1.807) is 25.6 Å². The first-order valence-electron chi connectivity index (χ1n) is 5.81. The molecule has 94 valence electrons. The van der Waals surface area contributed by atoms with Gasteiger partial charge in [0.2, 0.25) is 0 Å². The van der Waals surface area contributed by atoms with Gasteiger partial charge in [-0.15, -0.1) is 0 Å². The number of hydrogen-bond acceptors (Lipinski definition) is 4. The maximum atomic E-state index is 12.2. The van der Waals surface area contributed by atoms with Gasteiger partial charge in [-0.2, -0.15) is 0 Å². The number of Topliss-reactive ketones (excluding diaryl/α,β-unsaturated/α-hetero) is 1. The van der Waals surface area contributed by atoms with Gasteiger partial charge in [-0.05, 0) is 18.4 Å². The third-order valence-corrected chi connectivity index (χ3v) is 2.64. The average Bonchev–Trinajstić information content (AvgIpc) is 2.35. The van der Waals surface area contributed by atoms with Crippen molar-refractivity contribution in [1.29, 1.82) is 0 Å². The lowest BCUT2D eigenvalue weighted by Crippen LogP contribution is -2.25. The molecule has 0 aliphatic heterocycles. The number of pyridine rings is 1. The van der Waals surface area contributed by atoms with Gasteiger partial charge < -0.3 is 10.5 Å². The summed E-state index contributed by atoms with van der Waals surface area (Å²) in [5.74, 6) is 0.957. The molecule has 0 radical (unpaired) electrons. The number of ketones is 1. The number of methoxy groups -OCH3 is 1. The second kappa shape index (κ2) is 6.35. The van der Waals surface area contributed by atoms with Crippen LogP contribution in [0.1, 0.15) is 30.6 Å². The standard InChI is InChI=1S/C13H20N2O2/c1-9(2)4-10(6-14)13(16)11-5-12(17-3)8-15-7-11/h5,7-10H,4,6,14H2,1-3H3. The van der Waals surface area contributed by atoms with E-state index in [-0.39, 0.29) is 11.7 Å². The van der Waals surface area contributed by atoms with Crippen LogP contribution in [0.15, 0.2) is 18.5 Å². The highest BCUT2D eigenvalue weighted by Crippen LogP contribution is 2.18. The largest absolute Gasteiger partial charge is 0.495 e. The molecule has 0 fully saturated rings. The Morgan fingerprint density at radius 3 is 2.71 bits per heavy atom. The van der Waals surface area contributed by atoms with Crippen molar-refractivity contribution in [3.05, 3.63) is 24.0 Å². The van der Waals surface area contributed by atoms with Crippen LogP contribution in [-0.2, 0) is 0 Å². The van der Waals surface area contributed by atoms with E-state index in [1.807, 2.05) is 0 Å². The Morgan fingerprint density at radius 1 is 1.47 bits per heavy atom. The highest BCUT2D eigenvalue weighted by Gasteiger charge is 2.20. The molecule has 1 atom stereocenters. The van der Waals surface area contributed by atoms with E-state index >= 15 is 0 Å². The van der Waals surface area contributed by atoms with Gasteiger partial charge in [-0.3, -0.25) is 9.78 Å². The monoisotopic (exact) mass is 236 g/mol. The molecular formula is C13H20N2O2. The highest BCUT2D eigenvalue weighted by molar-refractivity contribution is 5.98. The van der Waals surface area contributed by atoms with Crippen molar-refractivity contribution in [1.82, 2.24) is 4.98 Å². The summed E-state index contributed by atoms with van der Waals surface area (Å²) in [5, 5.41) is 0. The van der Waals surface area contributed by atoms with Gasteiger partial charge in [0.25, 0.3) is 0 Å². The third kappa shape index (κ3) is 3.82. The van der Waals surface area contributed by atoms with Crippen LogP contribution in [0.5, 0.6) is 5.75 Å². The summed E-state index contributed by atoms with van der Waals surface area (Å²) < 4.78 is 5.05. The molecule has 0 saturated heterocycles. The van der Waals surface area contributed by atoms with Crippen molar-refractivity contribution < 1.29 is 9.53 Å². The van der Waals surface area contributed by atoms with Crippen LogP contribution in [0.2, 0.25) is 0 Å². The van der Waals surface area contributed by atoms with Crippen molar-refractivity contribution in [2.45, 2.75) is 20.3 Å². The fourth-order valence-corrected chi connectivity index (χ4v) is 1.78. The molecule has 0 aliphatic carbocycles. The summed E-state index contributed by atoms with van der Waals surface area (Å²) in [6.07, 6.45) is 3.94. The third-order valence-electron chi connectivity index (χ3n) is 2.64. The number of hydrogen-bond donors (Lipinski definition) is 1. The highest BCUT2D eigenvalue weighted by atomic mass is 16.5. The van der Waals surface area contributed by atoms with Crippen LogP contribution in [-0.4, -0.2) is 24.4 Å². The molecule has 1 heterocycles. The molecule has 0 aliphatic rings. The fraction of sp³-hybridized carbons (Fsp3) is 0.538. The lowest BCUT2D eigenvalue weighted by Gasteiger charge is -2.15. The van der Waals surface area contributed by atoms with E-state index in [0.29, 0.717) is 23.8 Å². The normalized spacial score (nSPS) is 12.5. The molecular weight excluding hydrogens is 216 g/mol. The Labute approximate surface area is 102 Å². The van der Waals surface area contributed by atoms with Crippen molar-refractivity contribution in [2.24, 2.45) is 17.6 Å². The molecule has 0 bridgehead atoms. The summed E-state index contributed by atoms with van der Waals surface area (Å²) in [6, 6.07) is 1.71. The topological polar surface area (TPSA) is 65.2 Å². The Kier molecular flexibility index (Phi) is 5.10. The van der Waals surface area contributed by atoms with Crippen LogP contribution < -0.4 is 10.5 Å². The first-order valence-corrected chi connectivity index (χ1v) is 5.81. The summed E-state index contributed by atoms with van der Waals surface area (Å²) in [7, 11) is 1.56. The van der Waals surface area contributed by atoms with E-state index < -0.39 is 0 Å². The molecule has 0 spiro atoms. The molecule has 1 aromatic heterocycles. The van der Waals surface area contributed by atoms with E-state index in [1.165, 1.54) is 0 Å². The molecule has 4 nitrogen and oxygen atoms in total. The number of rotatable bonds is 6. The van der Waals surface area contributed by atoms with Gasteiger partial charge in [0, 0.05) is 24.2 Å². The van der Waals surface area contributed by atoms with Crippen LogP contribution in [0.3, 0.4) is 0 Å². The summed E-state index contributed by atoms with van der Waals surface area (Å²) in [5.41, 5.74) is 6.23. The number of nitrogens with zero attached hydrogens (tertiary/aromatic N) is 1. The molecule has 1 rings (SSSR count). The zero-order chi connectivity index (χ0) is 12.8.